The Kier molecular flexibility index (Phi) is 7.17. The Morgan fingerprint density at radius 3 is 1.95 bits per heavy atom. The molecule has 5 unspecified atom stereocenters. The number of nitrogen functional groups attached to an aromatic ring is 1. The topological polar surface area (TPSA) is 308 Å². The molecular formula is C20H24N9O12P. The van der Waals surface area contributed by atoms with Gasteiger partial charge in [0.2, 0.25) is 5.95 Å². The van der Waals surface area contributed by atoms with Crippen molar-refractivity contribution in [3.05, 3.63) is 39.7 Å². The molecule has 2 aliphatic heterocycles. The van der Waals surface area contributed by atoms with E-state index in [1.54, 1.807) is 0 Å². The average molecular weight is 613 g/mol. The molecule has 4 aromatic rings. The number of phosphoric acid groups is 1. The van der Waals surface area contributed by atoms with E-state index in [0.29, 0.717) is 0 Å². The van der Waals surface area contributed by atoms with Crippen LogP contribution in [0, 0.1) is 0 Å². The number of ether oxygens (including phenoxy) is 2. The lowest BCUT2D eigenvalue weighted by Gasteiger charge is -2.20. The van der Waals surface area contributed by atoms with Gasteiger partial charge in [0.25, 0.3) is 11.1 Å². The van der Waals surface area contributed by atoms with Gasteiger partial charge in [0.15, 0.2) is 34.8 Å². The van der Waals surface area contributed by atoms with E-state index >= 15 is 0 Å². The molecule has 0 saturated carbocycles. The fraction of sp³-hybridized carbons (Fsp3) is 0.500. The van der Waals surface area contributed by atoms with Crippen molar-refractivity contribution in [2.45, 2.75) is 49.1 Å². The first kappa shape index (κ1) is 28.5. The van der Waals surface area contributed by atoms with Crippen molar-refractivity contribution < 1.29 is 48.4 Å². The summed E-state index contributed by atoms with van der Waals surface area (Å²) in [7, 11) is -4.86. The van der Waals surface area contributed by atoms with Crippen molar-refractivity contribution in [3.63, 3.8) is 0 Å². The Balaban J connectivity index is 1.08. The Morgan fingerprint density at radius 1 is 0.857 bits per heavy atom. The molecule has 6 rings (SSSR count). The summed E-state index contributed by atoms with van der Waals surface area (Å²) >= 11 is 0. The zero-order valence-corrected chi connectivity index (χ0v) is 22.0. The van der Waals surface area contributed by atoms with Crippen LogP contribution in [0.5, 0.6) is 0 Å². The number of nitrogens with two attached hydrogens (primary N) is 1. The second kappa shape index (κ2) is 10.6. The van der Waals surface area contributed by atoms with Gasteiger partial charge in [-0.2, -0.15) is 4.98 Å². The minimum atomic E-state index is -4.86. The molecule has 0 bridgehead atoms. The number of aromatic nitrogens is 8. The van der Waals surface area contributed by atoms with Crippen LogP contribution in [0.25, 0.3) is 22.3 Å². The highest BCUT2D eigenvalue weighted by molar-refractivity contribution is 7.47. The van der Waals surface area contributed by atoms with Gasteiger partial charge in [0.05, 0.1) is 32.2 Å². The number of anilines is 1. The van der Waals surface area contributed by atoms with Crippen LogP contribution in [0.2, 0.25) is 0 Å². The first-order chi connectivity index (χ1) is 19.9. The van der Waals surface area contributed by atoms with E-state index in [0.717, 1.165) is 12.7 Å². The zero-order valence-electron chi connectivity index (χ0n) is 21.1. The predicted octanol–water partition coefficient (Wildman–Crippen LogP) is -3.79. The minimum absolute atomic E-state index is 0.0327. The van der Waals surface area contributed by atoms with Gasteiger partial charge in [0.1, 0.15) is 36.6 Å². The van der Waals surface area contributed by atoms with Crippen molar-refractivity contribution >= 4 is 36.1 Å². The molecule has 2 saturated heterocycles. The SMILES string of the molecule is Nc1nc2c(ncn2[C@@H]2O[C@H](COP(=O)(O)OC[C@H]3O[C@@H](n4cnc5c(=O)[nH]cnc54)C(O)C3O)C(O)C2O)c(=O)[nH]1. The third-order valence-electron chi connectivity index (χ3n) is 6.84. The molecule has 9 atom stereocenters. The molecule has 21 nitrogen and oxygen atoms in total. The highest BCUT2D eigenvalue weighted by Gasteiger charge is 2.47. The van der Waals surface area contributed by atoms with E-state index in [1.807, 2.05) is 0 Å². The van der Waals surface area contributed by atoms with Crippen LogP contribution < -0.4 is 16.9 Å². The molecule has 226 valence electrons. The third kappa shape index (κ3) is 4.90. The van der Waals surface area contributed by atoms with Gasteiger partial charge in [-0.25, -0.2) is 19.5 Å². The van der Waals surface area contributed by atoms with E-state index in [-0.39, 0.29) is 28.3 Å². The Bertz CT molecular complexity index is 1790. The van der Waals surface area contributed by atoms with Gasteiger partial charge in [-0.15, -0.1) is 0 Å². The fourth-order valence-corrected chi connectivity index (χ4v) is 5.49. The number of fused-ring (bicyclic) bond motifs is 2. The number of imidazole rings is 2. The Morgan fingerprint density at radius 2 is 1.38 bits per heavy atom. The molecule has 0 aromatic carbocycles. The summed E-state index contributed by atoms with van der Waals surface area (Å²) in [6.07, 6.45) is -8.08. The zero-order chi connectivity index (χ0) is 29.9. The summed E-state index contributed by atoms with van der Waals surface area (Å²) in [5.74, 6) is -0.221. The van der Waals surface area contributed by atoms with Crippen LogP contribution in [0.1, 0.15) is 12.5 Å². The molecule has 42 heavy (non-hydrogen) atoms. The summed E-state index contributed by atoms with van der Waals surface area (Å²) in [4.78, 5) is 54.5. The highest BCUT2D eigenvalue weighted by atomic mass is 31.2. The number of hydrogen-bond acceptors (Lipinski definition) is 16. The van der Waals surface area contributed by atoms with Gasteiger partial charge in [-0.05, 0) is 0 Å². The van der Waals surface area contributed by atoms with Gasteiger partial charge in [-0.3, -0.25) is 32.8 Å². The molecule has 22 heteroatoms. The van der Waals surface area contributed by atoms with Crippen LogP contribution >= 0.6 is 7.82 Å². The van der Waals surface area contributed by atoms with Crippen LogP contribution in [0.4, 0.5) is 5.95 Å². The van der Waals surface area contributed by atoms with Crippen molar-refractivity contribution in [1.82, 2.24) is 39.0 Å². The van der Waals surface area contributed by atoms with Crippen molar-refractivity contribution in [2.75, 3.05) is 18.9 Å². The van der Waals surface area contributed by atoms with Gasteiger partial charge in [-0.1, -0.05) is 0 Å². The van der Waals surface area contributed by atoms with E-state index in [1.165, 1.54) is 15.5 Å². The molecule has 0 amide bonds. The number of H-pyrrole nitrogens is 2. The molecule has 4 aromatic heterocycles. The molecule has 2 fully saturated rings. The number of aromatic amines is 2. The lowest BCUT2D eigenvalue weighted by atomic mass is 10.1. The van der Waals surface area contributed by atoms with Crippen molar-refractivity contribution in [2.24, 2.45) is 0 Å². The third-order valence-corrected chi connectivity index (χ3v) is 7.79. The lowest BCUT2D eigenvalue weighted by molar-refractivity contribution is -0.0608. The number of rotatable bonds is 8. The quantitative estimate of drug-likeness (QED) is 0.0883. The second-order valence-corrected chi connectivity index (χ2v) is 10.9. The maximum atomic E-state index is 12.6. The second-order valence-electron chi connectivity index (χ2n) is 9.48. The Labute approximate surface area is 231 Å². The van der Waals surface area contributed by atoms with Gasteiger partial charge in [0, 0.05) is 0 Å². The van der Waals surface area contributed by atoms with E-state index in [4.69, 9.17) is 24.3 Å². The number of hydrogen-bond donors (Lipinski definition) is 8. The van der Waals surface area contributed by atoms with E-state index in [9.17, 15) is 39.5 Å². The molecule has 0 aliphatic carbocycles. The van der Waals surface area contributed by atoms with E-state index in [2.05, 4.69) is 29.9 Å². The fourth-order valence-electron chi connectivity index (χ4n) is 4.74. The Hall–Kier alpha value is -3.63. The summed E-state index contributed by atoms with van der Waals surface area (Å²) < 4.78 is 36.0. The normalized spacial score (nSPS) is 31.3. The monoisotopic (exact) mass is 613 g/mol. The summed E-state index contributed by atoms with van der Waals surface area (Å²) in [6, 6.07) is 0. The van der Waals surface area contributed by atoms with Crippen molar-refractivity contribution in [3.8, 4) is 0 Å². The number of phosphoric ester groups is 1. The average Bonchev–Trinajstić information content (AvgIpc) is 3.69. The number of nitrogens with zero attached hydrogens (tertiary/aromatic N) is 6. The van der Waals surface area contributed by atoms with Gasteiger partial charge < -0.3 is 45.5 Å². The van der Waals surface area contributed by atoms with Crippen LogP contribution in [0.3, 0.4) is 0 Å². The summed E-state index contributed by atoms with van der Waals surface area (Å²) in [5, 5.41) is 41.9. The molecule has 6 heterocycles. The first-order valence-electron chi connectivity index (χ1n) is 12.2. The van der Waals surface area contributed by atoms with Crippen LogP contribution in [-0.2, 0) is 23.1 Å². The largest absolute Gasteiger partial charge is 0.472 e. The van der Waals surface area contributed by atoms with Gasteiger partial charge >= 0.3 is 7.82 Å². The predicted molar refractivity (Wildman–Crippen MR) is 134 cm³/mol. The number of nitrogens with one attached hydrogen (secondary N) is 2. The smallest absolute Gasteiger partial charge is 0.387 e. The standard InChI is InChI=1S/C20H24N9O12P/c21-20-26-15-9(17(35)27-20)25-5-29(15)19-13(33)11(31)7(41-19)2-39-42(36,37)38-1-6-10(30)12(32)18(40-6)28-4-24-8-14(28)22-3-23-16(8)34/h3-7,10-13,18-19,30-33H,1-2H2,(H,36,37)(H,22,23,34)(H3,21,26,27,35)/t6-,7-,10?,11?,12?,13?,18-,19-/m1/s1. The first-order valence-corrected chi connectivity index (χ1v) is 13.7. The van der Waals surface area contributed by atoms with Crippen LogP contribution in [-0.4, -0.2) is 114 Å². The summed E-state index contributed by atoms with van der Waals surface area (Å²) in [5.41, 5.74) is 4.31. The molecule has 0 spiro atoms. The van der Waals surface area contributed by atoms with Crippen LogP contribution in [0.15, 0.2) is 28.6 Å². The number of aliphatic hydroxyl groups is 4. The summed E-state index contributed by atoms with van der Waals surface area (Å²) in [6.45, 7) is -1.45. The maximum absolute atomic E-state index is 12.6. The number of aliphatic hydroxyl groups excluding tert-OH is 4. The molecule has 9 N–H and O–H groups in total. The molecule has 2 aliphatic rings. The lowest BCUT2D eigenvalue weighted by Crippen LogP contribution is -2.34. The highest BCUT2D eigenvalue weighted by Crippen LogP contribution is 2.45. The van der Waals surface area contributed by atoms with Crippen molar-refractivity contribution in [1.29, 1.82) is 0 Å². The maximum Gasteiger partial charge on any atom is 0.472 e. The molecule has 0 radical (unpaired) electrons. The minimum Gasteiger partial charge on any atom is -0.387 e. The van der Waals surface area contributed by atoms with E-state index < -0.39 is 81.2 Å². The molecular weight excluding hydrogens is 589 g/mol.